The van der Waals surface area contributed by atoms with Crippen LogP contribution in [0.5, 0.6) is 5.75 Å². The first kappa shape index (κ1) is 14.1. The van der Waals surface area contributed by atoms with Crippen molar-refractivity contribution in [1.29, 1.82) is 0 Å². The summed E-state index contributed by atoms with van der Waals surface area (Å²) in [5.41, 5.74) is 2.21. The van der Waals surface area contributed by atoms with E-state index in [1.807, 2.05) is 32.0 Å². The minimum absolute atomic E-state index is 0.0446. The van der Waals surface area contributed by atoms with E-state index >= 15 is 0 Å². The number of thiophene rings is 1. The molecule has 1 heterocycles. The summed E-state index contributed by atoms with van der Waals surface area (Å²) < 4.78 is 6.35. The molecule has 4 heteroatoms. The van der Waals surface area contributed by atoms with Crippen LogP contribution in [0.4, 0.5) is 0 Å². The quantitative estimate of drug-likeness (QED) is 0.766. The van der Waals surface area contributed by atoms with Gasteiger partial charge in [-0.05, 0) is 44.5 Å². The second-order valence-electron chi connectivity index (χ2n) is 4.50. The zero-order valence-corrected chi connectivity index (χ0v) is 12.6. The molecule has 2 rings (SSSR count). The van der Waals surface area contributed by atoms with E-state index in [4.69, 9.17) is 16.3 Å². The van der Waals surface area contributed by atoms with Gasteiger partial charge in [0.25, 0.3) is 0 Å². The van der Waals surface area contributed by atoms with Crippen molar-refractivity contribution in [3.63, 3.8) is 0 Å². The molecule has 0 aliphatic rings. The maximum absolute atomic E-state index is 12.2. The molecule has 0 amide bonds. The van der Waals surface area contributed by atoms with Crippen LogP contribution in [-0.2, 0) is 0 Å². The number of halogens is 1. The van der Waals surface area contributed by atoms with Crippen LogP contribution in [0.1, 0.15) is 27.7 Å². The molecule has 100 valence electrons. The van der Waals surface area contributed by atoms with Crippen molar-refractivity contribution in [3.8, 4) is 5.75 Å². The predicted molar refractivity (Wildman–Crippen MR) is 79.7 cm³/mol. The van der Waals surface area contributed by atoms with Gasteiger partial charge in [-0.15, -0.1) is 11.3 Å². The fourth-order valence-corrected chi connectivity index (χ4v) is 2.88. The smallest absolute Gasteiger partial charge is 0.212 e. The van der Waals surface area contributed by atoms with Crippen molar-refractivity contribution < 1.29 is 9.53 Å². The van der Waals surface area contributed by atoms with Crippen LogP contribution in [0.3, 0.4) is 0 Å². The third-order valence-electron chi connectivity index (χ3n) is 2.82. The molecule has 0 aliphatic carbocycles. The van der Waals surface area contributed by atoms with E-state index in [0.717, 1.165) is 11.3 Å². The van der Waals surface area contributed by atoms with Crippen molar-refractivity contribution in [3.05, 3.63) is 50.7 Å². The third kappa shape index (κ3) is 3.37. The maximum atomic E-state index is 12.2. The zero-order valence-electron chi connectivity index (χ0n) is 11.1. The number of ketones is 1. The Morgan fingerprint density at radius 2 is 2.00 bits per heavy atom. The van der Waals surface area contributed by atoms with Crippen molar-refractivity contribution in [1.82, 2.24) is 0 Å². The molecule has 1 aromatic heterocycles. The van der Waals surface area contributed by atoms with Crippen molar-refractivity contribution in [2.24, 2.45) is 0 Å². The number of hydrogen-bond acceptors (Lipinski definition) is 3. The SMILES string of the molecule is Cc1ccc(OC(C)C(=O)c2ccc(Cl)s2)c(C)c1. The fourth-order valence-electron chi connectivity index (χ4n) is 1.82. The van der Waals surface area contributed by atoms with Gasteiger partial charge < -0.3 is 4.74 Å². The Labute approximate surface area is 122 Å². The molecule has 0 N–H and O–H groups in total. The van der Waals surface area contributed by atoms with Gasteiger partial charge in [0.15, 0.2) is 6.10 Å². The Balaban J connectivity index is 2.12. The van der Waals surface area contributed by atoms with Gasteiger partial charge in [0.2, 0.25) is 5.78 Å². The van der Waals surface area contributed by atoms with Crippen LogP contribution in [0.2, 0.25) is 4.34 Å². The highest BCUT2D eigenvalue weighted by molar-refractivity contribution is 7.18. The molecule has 2 aromatic rings. The number of rotatable bonds is 4. The van der Waals surface area contributed by atoms with Gasteiger partial charge in [-0.25, -0.2) is 0 Å². The molecular weight excluding hydrogens is 280 g/mol. The molecule has 2 nitrogen and oxygen atoms in total. The second-order valence-corrected chi connectivity index (χ2v) is 6.21. The highest BCUT2D eigenvalue weighted by atomic mass is 35.5. The summed E-state index contributed by atoms with van der Waals surface area (Å²) in [6.07, 6.45) is -0.517. The predicted octanol–water partition coefficient (Wildman–Crippen LogP) is 4.67. The number of ether oxygens (including phenoxy) is 1. The van der Waals surface area contributed by atoms with Gasteiger partial charge >= 0.3 is 0 Å². The van der Waals surface area contributed by atoms with E-state index in [0.29, 0.717) is 9.21 Å². The molecular formula is C15H15ClO2S. The molecule has 0 saturated carbocycles. The van der Waals surface area contributed by atoms with E-state index in [1.165, 1.54) is 16.9 Å². The molecule has 0 radical (unpaired) electrons. The van der Waals surface area contributed by atoms with Gasteiger partial charge in [-0.3, -0.25) is 4.79 Å². The molecule has 0 spiro atoms. The van der Waals surface area contributed by atoms with Gasteiger partial charge in [0, 0.05) is 0 Å². The van der Waals surface area contributed by atoms with E-state index in [9.17, 15) is 4.79 Å². The summed E-state index contributed by atoms with van der Waals surface area (Å²) in [5.74, 6) is 0.700. The molecule has 1 atom stereocenters. The number of Topliss-reactive ketones (excluding diaryl/α,β-unsaturated/α-hetero) is 1. The number of benzene rings is 1. The summed E-state index contributed by atoms with van der Waals surface area (Å²) in [6.45, 7) is 5.76. The van der Waals surface area contributed by atoms with Crippen LogP contribution in [-0.4, -0.2) is 11.9 Å². The van der Waals surface area contributed by atoms with E-state index in [2.05, 4.69) is 0 Å². The third-order valence-corrected chi connectivity index (χ3v) is 4.07. The average molecular weight is 295 g/mol. The Bertz CT molecular complexity index is 604. The van der Waals surface area contributed by atoms with Gasteiger partial charge in [-0.1, -0.05) is 29.3 Å². The molecule has 1 unspecified atom stereocenters. The van der Waals surface area contributed by atoms with Gasteiger partial charge in [-0.2, -0.15) is 0 Å². The van der Waals surface area contributed by atoms with Gasteiger partial charge in [0.05, 0.1) is 9.21 Å². The largest absolute Gasteiger partial charge is 0.482 e. The van der Waals surface area contributed by atoms with Crippen LogP contribution in [0.25, 0.3) is 0 Å². The minimum atomic E-state index is -0.517. The lowest BCUT2D eigenvalue weighted by atomic mass is 10.1. The van der Waals surface area contributed by atoms with Crippen LogP contribution < -0.4 is 4.74 Å². The number of carbonyl (C=O) groups is 1. The van der Waals surface area contributed by atoms with E-state index in [-0.39, 0.29) is 5.78 Å². The molecule has 0 aliphatic heterocycles. The van der Waals surface area contributed by atoms with Crippen LogP contribution in [0, 0.1) is 13.8 Å². The van der Waals surface area contributed by atoms with Crippen molar-refractivity contribution in [2.45, 2.75) is 26.9 Å². The second kappa shape index (κ2) is 5.76. The maximum Gasteiger partial charge on any atom is 0.212 e. The van der Waals surface area contributed by atoms with Crippen molar-refractivity contribution >= 4 is 28.7 Å². The van der Waals surface area contributed by atoms with E-state index < -0.39 is 6.10 Å². The van der Waals surface area contributed by atoms with E-state index in [1.54, 1.807) is 19.1 Å². The number of aryl methyl sites for hydroxylation is 2. The zero-order chi connectivity index (χ0) is 14.0. The summed E-state index contributed by atoms with van der Waals surface area (Å²) in [5, 5.41) is 0. The summed E-state index contributed by atoms with van der Waals surface area (Å²) in [7, 11) is 0. The minimum Gasteiger partial charge on any atom is -0.482 e. The monoisotopic (exact) mass is 294 g/mol. The molecule has 0 fully saturated rings. The van der Waals surface area contributed by atoms with Crippen molar-refractivity contribution in [2.75, 3.05) is 0 Å². The Morgan fingerprint density at radius 3 is 2.58 bits per heavy atom. The summed E-state index contributed by atoms with van der Waals surface area (Å²) >= 11 is 7.11. The molecule has 19 heavy (non-hydrogen) atoms. The van der Waals surface area contributed by atoms with Crippen LogP contribution in [0.15, 0.2) is 30.3 Å². The summed E-state index contributed by atoms with van der Waals surface area (Å²) in [6, 6.07) is 9.37. The lowest BCUT2D eigenvalue weighted by Crippen LogP contribution is -2.23. The standard InChI is InChI=1S/C15H15ClO2S/c1-9-4-5-12(10(2)8-9)18-11(3)15(17)13-6-7-14(16)19-13/h4-8,11H,1-3H3. The number of hydrogen-bond donors (Lipinski definition) is 0. The molecule has 0 saturated heterocycles. The Hall–Kier alpha value is -1.32. The fraction of sp³-hybridized carbons (Fsp3) is 0.267. The molecule has 0 bridgehead atoms. The first-order chi connectivity index (χ1) is 8.97. The van der Waals surface area contributed by atoms with Crippen LogP contribution >= 0.6 is 22.9 Å². The lowest BCUT2D eigenvalue weighted by molar-refractivity contribution is 0.0821. The Kier molecular flexibility index (Phi) is 4.27. The highest BCUT2D eigenvalue weighted by Crippen LogP contribution is 2.25. The lowest BCUT2D eigenvalue weighted by Gasteiger charge is -2.15. The Morgan fingerprint density at radius 1 is 1.26 bits per heavy atom. The highest BCUT2D eigenvalue weighted by Gasteiger charge is 2.19. The topological polar surface area (TPSA) is 26.3 Å². The normalized spacial score (nSPS) is 12.2. The molecule has 1 aromatic carbocycles. The first-order valence-electron chi connectivity index (χ1n) is 6.01. The van der Waals surface area contributed by atoms with Gasteiger partial charge in [0.1, 0.15) is 5.75 Å². The summed E-state index contributed by atoms with van der Waals surface area (Å²) in [4.78, 5) is 12.8. The first-order valence-corrected chi connectivity index (χ1v) is 7.20. The number of carbonyl (C=O) groups excluding carboxylic acids is 1. The average Bonchev–Trinajstić information content (AvgIpc) is 2.78.